The smallest absolute Gasteiger partial charge is 0.175 e. The summed E-state index contributed by atoms with van der Waals surface area (Å²) in [7, 11) is -3.16. The third-order valence-electron chi connectivity index (χ3n) is 2.72. The predicted molar refractivity (Wildman–Crippen MR) is 78.5 cm³/mol. The predicted octanol–water partition coefficient (Wildman–Crippen LogP) is 2.69. The molecule has 20 heavy (non-hydrogen) atoms. The van der Waals surface area contributed by atoms with Crippen LogP contribution in [0.3, 0.4) is 0 Å². The van der Waals surface area contributed by atoms with Crippen molar-refractivity contribution in [1.29, 1.82) is 0 Å². The van der Waals surface area contributed by atoms with Crippen LogP contribution in [0.2, 0.25) is 0 Å². The van der Waals surface area contributed by atoms with E-state index < -0.39 is 15.9 Å². The maximum absolute atomic E-state index is 11.4. The lowest BCUT2D eigenvalue weighted by molar-refractivity contribution is 0.198. The van der Waals surface area contributed by atoms with E-state index in [2.05, 4.69) is 4.98 Å². The van der Waals surface area contributed by atoms with Gasteiger partial charge in [-0.1, -0.05) is 17.8 Å². The van der Waals surface area contributed by atoms with E-state index in [1.54, 1.807) is 37.4 Å². The van der Waals surface area contributed by atoms with Crippen LogP contribution in [0.4, 0.5) is 0 Å². The van der Waals surface area contributed by atoms with E-state index in [0.29, 0.717) is 4.90 Å². The summed E-state index contributed by atoms with van der Waals surface area (Å²) in [6.45, 7) is 1.69. The zero-order chi connectivity index (χ0) is 14.8. The Bertz CT molecular complexity index is 677. The largest absolute Gasteiger partial charge is 0.389 e. The average molecular weight is 309 g/mol. The Kier molecular flexibility index (Phi) is 4.47. The summed E-state index contributed by atoms with van der Waals surface area (Å²) in [5.74, 6) is 0. The molecule has 6 heteroatoms. The van der Waals surface area contributed by atoms with Gasteiger partial charge in [0.25, 0.3) is 0 Å². The summed E-state index contributed by atoms with van der Waals surface area (Å²) in [6, 6.07) is 10.3. The van der Waals surface area contributed by atoms with E-state index >= 15 is 0 Å². The third-order valence-corrected chi connectivity index (χ3v) is 4.80. The Morgan fingerprint density at radius 1 is 1.15 bits per heavy atom. The molecule has 1 aromatic carbocycles. The first-order valence-corrected chi connectivity index (χ1v) is 8.69. The van der Waals surface area contributed by atoms with Crippen LogP contribution in [0.1, 0.15) is 18.6 Å². The lowest BCUT2D eigenvalue weighted by Crippen LogP contribution is -1.96. The third kappa shape index (κ3) is 3.82. The monoisotopic (exact) mass is 309 g/mol. The van der Waals surface area contributed by atoms with Crippen LogP contribution in [0.5, 0.6) is 0 Å². The van der Waals surface area contributed by atoms with Gasteiger partial charge in [0.2, 0.25) is 0 Å². The molecule has 1 atom stereocenters. The highest BCUT2D eigenvalue weighted by atomic mass is 32.2. The van der Waals surface area contributed by atoms with Crippen molar-refractivity contribution in [1.82, 2.24) is 4.98 Å². The molecule has 0 bridgehead atoms. The van der Waals surface area contributed by atoms with E-state index in [1.807, 2.05) is 12.1 Å². The topological polar surface area (TPSA) is 67.3 Å². The zero-order valence-electron chi connectivity index (χ0n) is 11.1. The Hall–Kier alpha value is -1.37. The van der Waals surface area contributed by atoms with Gasteiger partial charge in [0, 0.05) is 17.3 Å². The van der Waals surface area contributed by atoms with Crippen molar-refractivity contribution in [3.8, 4) is 0 Å². The molecule has 1 heterocycles. The fraction of sp³-hybridized carbons (Fsp3) is 0.214. The Labute approximate surface area is 122 Å². The molecule has 0 aliphatic carbocycles. The van der Waals surface area contributed by atoms with Crippen molar-refractivity contribution in [2.75, 3.05) is 6.26 Å². The fourth-order valence-corrected chi connectivity index (χ4v) is 2.96. The van der Waals surface area contributed by atoms with Crippen LogP contribution in [0.25, 0.3) is 0 Å². The molecule has 0 aliphatic rings. The first-order valence-electron chi connectivity index (χ1n) is 5.98. The molecule has 1 aromatic heterocycles. The normalized spacial score (nSPS) is 13.2. The van der Waals surface area contributed by atoms with Gasteiger partial charge in [-0.15, -0.1) is 0 Å². The van der Waals surface area contributed by atoms with Crippen molar-refractivity contribution in [3.63, 3.8) is 0 Å². The summed E-state index contributed by atoms with van der Waals surface area (Å²) >= 11 is 1.44. The van der Waals surface area contributed by atoms with E-state index in [4.69, 9.17) is 0 Å². The zero-order valence-corrected chi connectivity index (χ0v) is 12.8. The SMILES string of the molecule is CC(O)c1ccc(Sc2ccc(S(C)(=O)=O)cc2)nc1. The van der Waals surface area contributed by atoms with Crippen LogP contribution in [0, 0.1) is 0 Å². The van der Waals surface area contributed by atoms with Crippen LogP contribution < -0.4 is 0 Å². The minimum absolute atomic E-state index is 0.305. The molecule has 2 rings (SSSR count). The molecule has 2 aromatic rings. The molecular weight excluding hydrogens is 294 g/mol. The Morgan fingerprint density at radius 2 is 1.80 bits per heavy atom. The van der Waals surface area contributed by atoms with Gasteiger partial charge in [-0.05, 0) is 42.8 Å². The molecule has 106 valence electrons. The second-order valence-corrected chi connectivity index (χ2v) is 7.56. The average Bonchev–Trinajstić information content (AvgIpc) is 2.39. The molecule has 1 unspecified atom stereocenters. The fourth-order valence-electron chi connectivity index (χ4n) is 1.57. The first-order chi connectivity index (χ1) is 9.36. The quantitative estimate of drug-likeness (QED) is 0.940. The molecular formula is C14H15NO3S2. The second kappa shape index (κ2) is 5.95. The van der Waals surface area contributed by atoms with E-state index in [9.17, 15) is 13.5 Å². The number of nitrogens with zero attached hydrogens (tertiary/aromatic N) is 1. The van der Waals surface area contributed by atoms with Crippen molar-refractivity contribution in [3.05, 3.63) is 48.2 Å². The number of aromatic nitrogens is 1. The molecule has 0 saturated carbocycles. The van der Waals surface area contributed by atoms with Gasteiger partial charge in [-0.25, -0.2) is 13.4 Å². The summed E-state index contributed by atoms with van der Waals surface area (Å²) in [5.41, 5.74) is 0.766. The van der Waals surface area contributed by atoms with Crippen LogP contribution in [-0.4, -0.2) is 24.8 Å². The summed E-state index contributed by atoms with van der Waals surface area (Å²) in [4.78, 5) is 5.47. The minimum atomic E-state index is -3.16. The Morgan fingerprint density at radius 3 is 2.25 bits per heavy atom. The Balaban J connectivity index is 2.14. The maximum Gasteiger partial charge on any atom is 0.175 e. The highest BCUT2D eigenvalue weighted by molar-refractivity contribution is 7.99. The lowest BCUT2D eigenvalue weighted by atomic mass is 10.2. The van der Waals surface area contributed by atoms with E-state index in [1.165, 1.54) is 18.0 Å². The molecule has 0 saturated heterocycles. The summed E-state index contributed by atoms with van der Waals surface area (Å²) < 4.78 is 22.7. The lowest BCUT2D eigenvalue weighted by Gasteiger charge is -2.05. The first kappa shape index (κ1) is 15.0. The van der Waals surface area contributed by atoms with Gasteiger partial charge in [-0.2, -0.15) is 0 Å². The number of pyridine rings is 1. The van der Waals surface area contributed by atoms with Crippen molar-refractivity contribution >= 4 is 21.6 Å². The molecule has 0 spiro atoms. The van der Waals surface area contributed by atoms with Gasteiger partial charge >= 0.3 is 0 Å². The van der Waals surface area contributed by atoms with E-state index in [-0.39, 0.29) is 0 Å². The highest BCUT2D eigenvalue weighted by Gasteiger charge is 2.07. The van der Waals surface area contributed by atoms with Gasteiger partial charge < -0.3 is 5.11 Å². The molecule has 1 N–H and O–H groups in total. The molecule has 0 amide bonds. The molecule has 0 fully saturated rings. The number of sulfone groups is 1. The van der Waals surface area contributed by atoms with Gasteiger partial charge in [0.1, 0.15) is 5.03 Å². The van der Waals surface area contributed by atoms with Crippen molar-refractivity contribution < 1.29 is 13.5 Å². The van der Waals surface area contributed by atoms with E-state index in [0.717, 1.165) is 15.5 Å². The van der Waals surface area contributed by atoms with Crippen LogP contribution >= 0.6 is 11.8 Å². The number of hydrogen-bond acceptors (Lipinski definition) is 5. The van der Waals surface area contributed by atoms with Crippen LogP contribution in [-0.2, 0) is 9.84 Å². The number of rotatable bonds is 4. The number of hydrogen-bond donors (Lipinski definition) is 1. The van der Waals surface area contributed by atoms with Crippen LogP contribution in [0.15, 0.2) is 57.4 Å². The number of benzene rings is 1. The number of aliphatic hydroxyl groups is 1. The maximum atomic E-state index is 11.4. The van der Waals surface area contributed by atoms with Crippen molar-refractivity contribution in [2.45, 2.75) is 27.8 Å². The molecule has 4 nitrogen and oxygen atoms in total. The number of aliphatic hydroxyl groups excluding tert-OH is 1. The summed E-state index contributed by atoms with van der Waals surface area (Å²) in [6.07, 6.45) is 2.29. The summed E-state index contributed by atoms with van der Waals surface area (Å²) in [5, 5.41) is 10.2. The molecule has 0 aliphatic heterocycles. The highest BCUT2D eigenvalue weighted by Crippen LogP contribution is 2.27. The van der Waals surface area contributed by atoms with Gasteiger partial charge in [0.15, 0.2) is 9.84 Å². The van der Waals surface area contributed by atoms with Gasteiger partial charge in [-0.3, -0.25) is 0 Å². The standard InChI is InChI=1S/C14H15NO3S2/c1-10(16)11-3-8-14(15-9-11)19-12-4-6-13(7-5-12)20(2,17)18/h3-10,16H,1-2H3. The second-order valence-electron chi connectivity index (χ2n) is 4.45. The van der Waals surface area contributed by atoms with Crippen molar-refractivity contribution in [2.24, 2.45) is 0 Å². The van der Waals surface area contributed by atoms with Gasteiger partial charge in [0.05, 0.1) is 11.0 Å². The molecule has 0 radical (unpaired) electrons. The minimum Gasteiger partial charge on any atom is -0.389 e.